The highest BCUT2D eigenvalue weighted by atomic mass is 14.7. The van der Waals surface area contributed by atoms with Gasteiger partial charge in [-0.05, 0) is 29.9 Å². The molecule has 2 N–H and O–H groups in total. The minimum Gasteiger partial charge on any atom is -0.321 e. The van der Waals surface area contributed by atoms with E-state index < -0.39 is 0 Å². The highest BCUT2D eigenvalue weighted by Gasteiger charge is 2.29. The van der Waals surface area contributed by atoms with Gasteiger partial charge in [0.05, 0.1) is 0 Å². The van der Waals surface area contributed by atoms with E-state index in [9.17, 15) is 0 Å². The summed E-state index contributed by atoms with van der Waals surface area (Å²) in [6.45, 7) is 0. The lowest BCUT2D eigenvalue weighted by Crippen LogP contribution is -2.36. The molecule has 1 aliphatic carbocycles. The van der Waals surface area contributed by atoms with Crippen LogP contribution in [0.25, 0.3) is 10.8 Å². The van der Waals surface area contributed by atoms with Crippen LogP contribution in [0.1, 0.15) is 44.1 Å². The van der Waals surface area contributed by atoms with Crippen LogP contribution < -0.4 is 5.73 Å². The van der Waals surface area contributed by atoms with Crippen LogP contribution in [-0.2, 0) is 5.54 Å². The molecule has 0 radical (unpaired) electrons. The van der Waals surface area contributed by atoms with Crippen molar-refractivity contribution in [3.63, 3.8) is 0 Å². The molecule has 1 heterocycles. The molecule has 18 heavy (non-hydrogen) atoms. The molecule has 1 aromatic heterocycles. The molecule has 0 aliphatic heterocycles. The number of hydrogen-bond donors (Lipinski definition) is 1. The molecule has 2 heteroatoms. The quantitative estimate of drug-likeness (QED) is 0.771. The number of hydrogen-bond acceptors (Lipinski definition) is 2. The molecule has 0 saturated heterocycles. The molecule has 3 rings (SSSR count). The molecule has 2 aromatic rings. The maximum absolute atomic E-state index is 6.73. The van der Waals surface area contributed by atoms with Gasteiger partial charge in [0.25, 0.3) is 0 Å². The number of rotatable bonds is 1. The van der Waals surface area contributed by atoms with Gasteiger partial charge < -0.3 is 5.73 Å². The smallest absolute Gasteiger partial charge is 0.0415 e. The summed E-state index contributed by atoms with van der Waals surface area (Å²) in [5.74, 6) is 0. The van der Waals surface area contributed by atoms with E-state index in [2.05, 4.69) is 29.2 Å². The number of aromatic nitrogens is 1. The van der Waals surface area contributed by atoms with Crippen LogP contribution in [0.15, 0.2) is 36.7 Å². The van der Waals surface area contributed by atoms with E-state index in [1.165, 1.54) is 42.0 Å². The lowest BCUT2D eigenvalue weighted by molar-refractivity contribution is 0.388. The first-order chi connectivity index (χ1) is 8.80. The van der Waals surface area contributed by atoms with Crippen LogP contribution in [0.2, 0.25) is 0 Å². The first kappa shape index (κ1) is 11.7. The topological polar surface area (TPSA) is 38.9 Å². The molecule has 0 atom stereocenters. The summed E-state index contributed by atoms with van der Waals surface area (Å²) in [6, 6.07) is 8.53. The molecule has 0 unspecified atom stereocenters. The van der Waals surface area contributed by atoms with E-state index in [4.69, 9.17) is 5.73 Å². The zero-order valence-corrected chi connectivity index (χ0v) is 10.7. The summed E-state index contributed by atoms with van der Waals surface area (Å²) in [4.78, 5) is 4.20. The summed E-state index contributed by atoms with van der Waals surface area (Å²) in [5, 5.41) is 2.47. The van der Waals surface area contributed by atoms with Gasteiger partial charge in [-0.2, -0.15) is 0 Å². The highest BCUT2D eigenvalue weighted by Crippen LogP contribution is 2.36. The molecule has 94 valence electrons. The summed E-state index contributed by atoms with van der Waals surface area (Å²) >= 11 is 0. The van der Waals surface area contributed by atoms with E-state index in [1.807, 2.05) is 12.4 Å². The fourth-order valence-electron chi connectivity index (χ4n) is 3.19. The minimum atomic E-state index is -0.142. The lowest BCUT2D eigenvalue weighted by Gasteiger charge is -2.30. The van der Waals surface area contributed by atoms with E-state index in [-0.39, 0.29) is 5.54 Å². The first-order valence-electron chi connectivity index (χ1n) is 6.92. The third kappa shape index (κ3) is 2.01. The van der Waals surface area contributed by atoms with Crippen molar-refractivity contribution in [1.29, 1.82) is 0 Å². The molecule has 1 saturated carbocycles. The van der Waals surface area contributed by atoms with Crippen LogP contribution in [0.5, 0.6) is 0 Å². The molecule has 0 spiro atoms. The van der Waals surface area contributed by atoms with Gasteiger partial charge in [0, 0.05) is 23.3 Å². The summed E-state index contributed by atoms with van der Waals surface area (Å²) in [7, 11) is 0. The first-order valence-corrected chi connectivity index (χ1v) is 6.92. The average molecular weight is 240 g/mol. The Bertz CT molecular complexity index is 534. The van der Waals surface area contributed by atoms with Crippen molar-refractivity contribution in [3.8, 4) is 0 Å². The van der Waals surface area contributed by atoms with Crippen LogP contribution in [0.3, 0.4) is 0 Å². The van der Waals surface area contributed by atoms with Crippen molar-refractivity contribution >= 4 is 10.8 Å². The molecule has 1 aliphatic rings. The second-order valence-corrected chi connectivity index (χ2v) is 5.47. The monoisotopic (exact) mass is 240 g/mol. The Kier molecular flexibility index (Phi) is 3.04. The zero-order valence-electron chi connectivity index (χ0n) is 10.7. The number of fused-ring (bicyclic) bond motifs is 1. The largest absolute Gasteiger partial charge is 0.321 e. The van der Waals surface area contributed by atoms with Gasteiger partial charge in [-0.3, -0.25) is 4.98 Å². The summed E-state index contributed by atoms with van der Waals surface area (Å²) in [6.07, 6.45) is 11.2. The fourth-order valence-corrected chi connectivity index (χ4v) is 3.19. The molecule has 2 nitrogen and oxygen atoms in total. The maximum Gasteiger partial charge on any atom is 0.0415 e. The molecular formula is C16H20N2. The molecule has 0 amide bonds. The number of nitrogens with zero attached hydrogens (tertiary/aromatic N) is 1. The van der Waals surface area contributed by atoms with Crippen molar-refractivity contribution in [1.82, 2.24) is 4.98 Å². The van der Waals surface area contributed by atoms with Crippen molar-refractivity contribution in [2.75, 3.05) is 0 Å². The highest BCUT2D eigenvalue weighted by molar-refractivity contribution is 5.85. The number of nitrogens with two attached hydrogens (primary N) is 1. The normalized spacial score (nSPS) is 19.6. The van der Waals surface area contributed by atoms with E-state index in [0.29, 0.717) is 0 Å². The fraction of sp³-hybridized carbons (Fsp3) is 0.438. The number of pyridine rings is 1. The Hall–Kier alpha value is -1.41. The van der Waals surface area contributed by atoms with Gasteiger partial charge in [0.2, 0.25) is 0 Å². The number of benzene rings is 1. The van der Waals surface area contributed by atoms with Crippen molar-refractivity contribution in [2.24, 2.45) is 5.73 Å². The summed E-state index contributed by atoms with van der Waals surface area (Å²) in [5.41, 5.74) is 7.89. The molecule has 0 bridgehead atoms. The summed E-state index contributed by atoms with van der Waals surface area (Å²) < 4.78 is 0. The minimum absolute atomic E-state index is 0.142. The van der Waals surface area contributed by atoms with Gasteiger partial charge in [-0.25, -0.2) is 0 Å². The Morgan fingerprint density at radius 1 is 1.00 bits per heavy atom. The lowest BCUT2D eigenvalue weighted by atomic mass is 9.81. The molecule has 1 aromatic carbocycles. The zero-order chi connectivity index (χ0) is 12.4. The van der Waals surface area contributed by atoms with Gasteiger partial charge in [-0.15, -0.1) is 0 Å². The Morgan fingerprint density at radius 2 is 1.78 bits per heavy atom. The molecular weight excluding hydrogens is 220 g/mol. The van der Waals surface area contributed by atoms with E-state index in [0.717, 1.165) is 12.8 Å². The van der Waals surface area contributed by atoms with Crippen molar-refractivity contribution in [3.05, 3.63) is 42.2 Å². The Morgan fingerprint density at radius 3 is 2.56 bits per heavy atom. The Balaban J connectivity index is 2.12. The Labute approximate surface area is 108 Å². The van der Waals surface area contributed by atoms with Gasteiger partial charge >= 0.3 is 0 Å². The van der Waals surface area contributed by atoms with Gasteiger partial charge in [-0.1, -0.05) is 43.9 Å². The predicted molar refractivity (Wildman–Crippen MR) is 75.3 cm³/mol. The van der Waals surface area contributed by atoms with Crippen molar-refractivity contribution < 1.29 is 0 Å². The van der Waals surface area contributed by atoms with E-state index >= 15 is 0 Å². The van der Waals surface area contributed by atoms with Crippen molar-refractivity contribution in [2.45, 2.75) is 44.1 Å². The second kappa shape index (κ2) is 4.69. The second-order valence-electron chi connectivity index (χ2n) is 5.47. The van der Waals surface area contributed by atoms with Gasteiger partial charge in [0.15, 0.2) is 0 Å². The van der Waals surface area contributed by atoms with Crippen LogP contribution in [0, 0.1) is 0 Å². The van der Waals surface area contributed by atoms with Gasteiger partial charge in [0.1, 0.15) is 0 Å². The van der Waals surface area contributed by atoms with Crippen LogP contribution >= 0.6 is 0 Å². The third-order valence-electron chi connectivity index (χ3n) is 4.21. The van der Waals surface area contributed by atoms with E-state index in [1.54, 1.807) is 0 Å². The predicted octanol–water partition coefficient (Wildman–Crippen LogP) is 3.74. The maximum atomic E-state index is 6.73. The molecule has 1 fully saturated rings. The third-order valence-corrected chi connectivity index (χ3v) is 4.21. The average Bonchev–Trinajstić information content (AvgIpc) is 2.64. The SMILES string of the molecule is NC1(c2cccc3cnccc23)CCCCCC1. The standard InChI is InChI=1S/C16H20N2/c17-16(9-3-1-2-4-10-16)15-7-5-6-13-12-18-11-8-14(13)15/h5-8,11-12H,1-4,9-10,17H2. The van der Waals surface area contributed by atoms with Crippen LogP contribution in [-0.4, -0.2) is 4.98 Å². The van der Waals surface area contributed by atoms with Crippen LogP contribution in [0.4, 0.5) is 0 Å².